The standard InChI is InChI=1S/C21H26O10P2/c22-16(30-20(32(26)27)18(24)14-8-3-1-4-9-14)12-7-13-17(23)31-21(33(28)29)19(25)15-10-5-2-6-11-15/h1-6,8-11,18-21,24-25,32-33H,7,12-13H2,(H,26,27)(H,28,29). The Kier molecular flexibility index (Phi) is 10.9. The van der Waals surface area contributed by atoms with Crippen molar-refractivity contribution in [3.8, 4) is 0 Å². The van der Waals surface area contributed by atoms with Crippen molar-refractivity contribution < 1.29 is 48.2 Å². The van der Waals surface area contributed by atoms with Gasteiger partial charge in [-0.2, -0.15) is 0 Å². The van der Waals surface area contributed by atoms with E-state index in [0.717, 1.165) is 0 Å². The Balaban J connectivity index is 1.86. The Morgan fingerprint density at radius 1 is 0.697 bits per heavy atom. The Hall–Kier alpha value is -2.32. The number of benzene rings is 2. The Morgan fingerprint density at radius 2 is 1.03 bits per heavy atom. The van der Waals surface area contributed by atoms with Crippen molar-refractivity contribution in [2.24, 2.45) is 0 Å². The van der Waals surface area contributed by atoms with Crippen LogP contribution < -0.4 is 0 Å². The zero-order valence-corrected chi connectivity index (χ0v) is 19.4. The highest BCUT2D eigenvalue weighted by molar-refractivity contribution is 7.39. The minimum atomic E-state index is -3.44. The molecule has 0 aliphatic carbocycles. The van der Waals surface area contributed by atoms with Crippen LogP contribution in [0, 0.1) is 0 Å². The number of hydrogen-bond acceptors (Lipinski definition) is 8. The van der Waals surface area contributed by atoms with Crippen molar-refractivity contribution in [3.05, 3.63) is 71.8 Å². The lowest BCUT2D eigenvalue weighted by molar-refractivity contribution is -0.152. The van der Waals surface area contributed by atoms with Gasteiger partial charge in [-0.15, -0.1) is 0 Å². The van der Waals surface area contributed by atoms with Crippen LogP contribution in [0.5, 0.6) is 0 Å². The summed E-state index contributed by atoms with van der Waals surface area (Å²) < 4.78 is 33.1. The van der Waals surface area contributed by atoms with E-state index in [0.29, 0.717) is 11.1 Å². The molecule has 0 saturated carbocycles. The Bertz CT molecular complexity index is 877. The zero-order valence-electron chi connectivity index (χ0n) is 17.4. The molecule has 2 rings (SSSR count). The summed E-state index contributed by atoms with van der Waals surface area (Å²) in [5.41, 5.74) is 0.599. The fourth-order valence-corrected chi connectivity index (χ4v) is 4.32. The second kappa shape index (κ2) is 13.4. The number of hydrogen-bond donors (Lipinski definition) is 4. The highest BCUT2D eigenvalue weighted by Gasteiger charge is 2.31. The second-order valence-electron chi connectivity index (χ2n) is 7.06. The molecule has 0 amide bonds. The van der Waals surface area contributed by atoms with E-state index in [4.69, 9.17) is 9.47 Å². The van der Waals surface area contributed by atoms with E-state index in [9.17, 15) is 38.7 Å². The van der Waals surface area contributed by atoms with Crippen molar-refractivity contribution in [2.45, 2.75) is 43.2 Å². The van der Waals surface area contributed by atoms with Gasteiger partial charge in [0, 0.05) is 12.8 Å². The summed E-state index contributed by atoms with van der Waals surface area (Å²) in [7, 11) is -6.87. The quantitative estimate of drug-likeness (QED) is 0.251. The van der Waals surface area contributed by atoms with Crippen LogP contribution in [-0.4, -0.2) is 43.6 Å². The number of rotatable bonds is 12. The predicted octanol–water partition coefficient (Wildman–Crippen LogP) is 2.30. The summed E-state index contributed by atoms with van der Waals surface area (Å²) in [6.07, 6.45) is -3.75. The number of aliphatic hydroxyl groups is 2. The number of ether oxygens (including phenoxy) is 2. The lowest BCUT2D eigenvalue weighted by Gasteiger charge is -2.21. The van der Waals surface area contributed by atoms with Gasteiger partial charge in [-0.05, 0) is 17.5 Å². The largest absolute Gasteiger partial charge is 0.449 e. The number of carbonyl (C=O) groups is 2. The molecule has 10 nitrogen and oxygen atoms in total. The van der Waals surface area contributed by atoms with Crippen LogP contribution in [0.15, 0.2) is 60.7 Å². The number of aliphatic hydroxyl groups excluding tert-OH is 2. The third-order valence-corrected chi connectivity index (χ3v) is 6.46. The van der Waals surface area contributed by atoms with Crippen molar-refractivity contribution in [1.29, 1.82) is 0 Å². The van der Waals surface area contributed by atoms with Gasteiger partial charge >= 0.3 is 11.9 Å². The predicted molar refractivity (Wildman–Crippen MR) is 119 cm³/mol. The molecule has 12 heteroatoms. The fraction of sp³-hybridized carbons (Fsp3) is 0.333. The van der Waals surface area contributed by atoms with E-state index in [1.54, 1.807) is 36.4 Å². The molecule has 33 heavy (non-hydrogen) atoms. The molecule has 0 aromatic heterocycles. The topological polar surface area (TPSA) is 168 Å². The zero-order chi connectivity index (χ0) is 24.4. The second-order valence-corrected chi connectivity index (χ2v) is 9.55. The van der Waals surface area contributed by atoms with Crippen molar-refractivity contribution in [1.82, 2.24) is 0 Å². The molecule has 0 saturated heterocycles. The molecule has 180 valence electrons. The highest BCUT2D eigenvalue weighted by Crippen LogP contribution is 2.36. The van der Waals surface area contributed by atoms with Gasteiger partial charge in [0.15, 0.2) is 0 Å². The molecule has 0 radical (unpaired) electrons. The van der Waals surface area contributed by atoms with E-state index in [2.05, 4.69) is 0 Å². The van der Waals surface area contributed by atoms with Crippen LogP contribution in [0.25, 0.3) is 0 Å². The lowest BCUT2D eigenvalue weighted by atomic mass is 10.1. The van der Waals surface area contributed by atoms with Gasteiger partial charge in [-0.1, -0.05) is 60.7 Å². The van der Waals surface area contributed by atoms with Crippen molar-refractivity contribution >= 4 is 28.0 Å². The molecule has 0 aliphatic rings. The van der Waals surface area contributed by atoms with E-state index < -0.39 is 51.9 Å². The third kappa shape index (κ3) is 8.51. The van der Waals surface area contributed by atoms with E-state index >= 15 is 0 Å². The molecule has 2 aromatic rings. The van der Waals surface area contributed by atoms with Gasteiger partial charge < -0.3 is 29.5 Å². The Morgan fingerprint density at radius 3 is 1.33 bits per heavy atom. The molecule has 0 bridgehead atoms. The summed E-state index contributed by atoms with van der Waals surface area (Å²) in [5.74, 6) is -5.12. The highest BCUT2D eigenvalue weighted by atomic mass is 31.1. The first-order valence-corrected chi connectivity index (χ1v) is 12.9. The molecule has 2 aromatic carbocycles. The minimum Gasteiger partial charge on any atom is -0.449 e. The van der Waals surface area contributed by atoms with Crippen LogP contribution >= 0.6 is 16.1 Å². The summed E-state index contributed by atoms with van der Waals surface area (Å²) in [5, 5.41) is 20.5. The third-order valence-electron chi connectivity index (χ3n) is 4.62. The van der Waals surface area contributed by atoms with Gasteiger partial charge in [0.05, 0.1) is 0 Å². The average Bonchev–Trinajstić information content (AvgIpc) is 2.81. The summed E-state index contributed by atoms with van der Waals surface area (Å²) in [6.45, 7) is 0. The van der Waals surface area contributed by atoms with Gasteiger partial charge in [-0.25, -0.2) is 0 Å². The van der Waals surface area contributed by atoms with Crippen LogP contribution in [0.1, 0.15) is 42.6 Å². The van der Waals surface area contributed by atoms with Crippen LogP contribution in [0.2, 0.25) is 0 Å². The molecule has 0 spiro atoms. The monoisotopic (exact) mass is 500 g/mol. The van der Waals surface area contributed by atoms with Gasteiger partial charge in [0.25, 0.3) is 0 Å². The van der Waals surface area contributed by atoms with Gasteiger partial charge in [0.2, 0.25) is 27.7 Å². The molecular weight excluding hydrogens is 474 g/mol. The van der Waals surface area contributed by atoms with Crippen LogP contribution in [0.3, 0.4) is 0 Å². The van der Waals surface area contributed by atoms with E-state index in [1.807, 2.05) is 0 Å². The normalized spacial score (nSPS) is 16.6. The first-order chi connectivity index (χ1) is 15.7. The fourth-order valence-electron chi connectivity index (χ4n) is 2.93. The maximum atomic E-state index is 12.1. The van der Waals surface area contributed by atoms with Gasteiger partial charge in [-0.3, -0.25) is 18.7 Å². The Labute approximate surface area is 191 Å². The van der Waals surface area contributed by atoms with Gasteiger partial charge in [0.1, 0.15) is 12.2 Å². The number of carbonyl (C=O) groups excluding carboxylic acids is 2. The molecule has 6 unspecified atom stereocenters. The maximum absolute atomic E-state index is 12.1. The summed E-state index contributed by atoms with van der Waals surface area (Å²) in [4.78, 5) is 43.0. The SMILES string of the molecule is O=C(CCCC(=O)OC(C(O)c1ccccc1)[PH](=O)O)OC(C(O)c1ccccc1)[PH](=O)O. The van der Waals surface area contributed by atoms with E-state index in [-0.39, 0.29) is 19.3 Å². The minimum absolute atomic E-state index is 0.0846. The summed E-state index contributed by atoms with van der Waals surface area (Å²) >= 11 is 0. The van der Waals surface area contributed by atoms with Crippen LogP contribution in [-0.2, 0) is 28.2 Å². The number of esters is 2. The molecule has 0 fully saturated rings. The smallest absolute Gasteiger partial charge is 0.306 e. The first kappa shape index (κ1) is 26.9. The molecule has 0 heterocycles. The maximum Gasteiger partial charge on any atom is 0.306 e. The molecule has 4 N–H and O–H groups in total. The van der Waals surface area contributed by atoms with E-state index in [1.165, 1.54) is 24.3 Å². The molecule has 0 aliphatic heterocycles. The average molecular weight is 500 g/mol. The van der Waals surface area contributed by atoms with Crippen molar-refractivity contribution in [3.63, 3.8) is 0 Å². The molecule has 6 atom stereocenters. The first-order valence-electron chi connectivity index (χ1n) is 10.0. The van der Waals surface area contributed by atoms with Crippen molar-refractivity contribution in [2.75, 3.05) is 0 Å². The lowest BCUT2D eigenvalue weighted by Crippen LogP contribution is -2.24. The summed E-state index contributed by atoms with van der Waals surface area (Å²) in [6, 6.07) is 15.9. The molecular formula is C21H26O10P2. The van der Waals surface area contributed by atoms with Crippen LogP contribution in [0.4, 0.5) is 0 Å².